The Balaban J connectivity index is 2.30. The molecule has 0 saturated carbocycles. The molecule has 2 rings (SSSR count). The first kappa shape index (κ1) is 16.3. The zero-order chi connectivity index (χ0) is 16.1. The van der Waals surface area contributed by atoms with E-state index in [0.29, 0.717) is 23.5 Å². The molecule has 0 radical (unpaired) electrons. The van der Waals surface area contributed by atoms with Gasteiger partial charge in [-0.3, -0.25) is 0 Å². The van der Waals surface area contributed by atoms with Crippen molar-refractivity contribution in [1.29, 1.82) is 0 Å². The Bertz CT molecular complexity index is 608. The number of hydrogen-bond acceptors (Lipinski definition) is 4. The predicted molar refractivity (Wildman–Crippen MR) is 77.0 cm³/mol. The number of aliphatic hydroxyl groups is 1. The summed E-state index contributed by atoms with van der Waals surface area (Å²) in [6.07, 6.45) is 1.44. The van der Waals surface area contributed by atoms with Crippen LogP contribution in [-0.4, -0.2) is 18.3 Å². The van der Waals surface area contributed by atoms with Crippen LogP contribution in [-0.2, 0) is 6.61 Å². The fraction of sp³-hybridized carbons (Fsp3) is 0.375. The zero-order valence-electron chi connectivity index (χ0n) is 12.4. The van der Waals surface area contributed by atoms with Gasteiger partial charge in [0.1, 0.15) is 5.76 Å². The minimum atomic E-state index is -2.92. The molecular formula is C16H18F2O4. The number of rotatable bonds is 7. The van der Waals surface area contributed by atoms with Crippen LogP contribution in [0.3, 0.4) is 0 Å². The van der Waals surface area contributed by atoms with Crippen LogP contribution in [0.25, 0.3) is 11.3 Å². The molecule has 0 amide bonds. The highest BCUT2D eigenvalue weighted by Gasteiger charge is 2.14. The minimum absolute atomic E-state index is 0.0201. The molecule has 1 aromatic carbocycles. The molecule has 2 aromatic rings. The molecule has 1 heterocycles. The molecule has 0 fully saturated rings. The van der Waals surface area contributed by atoms with Crippen LogP contribution in [0.15, 0.2) is 34.9 Å². The standard InChI is InChI=1S/C16H18F2O4/c1-10(2)8-20-15-6-12(3-4-13(15)22-16(17)18)14-5-11(7-19)9-21-14/h3-6,9-10,16,19H,7-8H2,1-2H3. The van der Waals surface area contributed by atoms with Crippen LogP contribution in [0, 0.1) is 5.92 Å². The molecule has 22 heavy (non-hydrogen) atoms. The smallest absolute Gasteiger partial charge is 0.387 e. The normalized spacial score (nSPS) is 11.2. The molecule has 6 heteroatoms. The SMILES string of the molecule is CC(C)COc1cc(-c2cc(CO)co2)ccc1OC(F)F. The average Bonchev–Trinajstić information content (AvgIpc) is 2.94. The maximum atomic E-state index is 12.4. The number of alkyl halides is 2. The van der Waals surface area contributed by atoms with Crippen LogP contribution in [0.1, 0.15) is 19.4 Å². The molecule has 0 bridgehead atoms. The van der Waals surface area contributed by atoms with Crippen molar-refractivity contribution < 1.29 is 27.8 Å². The van der Waals surface area contributed by atoms with E-state index in [-0.39, 0.29) is 24.0 Å². The lowest BCUT2D eigenvalue weighted by Gasteiger charge is -2.14. The second-order valence-electron chi connectivity index (χ2n) is 5.22. The number of hydrogen-bond donors (Lipinski definition) is 1. The Morgan fingerprint density at radius 3 is 2.55 bits per heavy atom. The van der Waals surface area contributed by atoms with E-state index < -0.39 is 6.61 Å². The van der Waals surface area contributed by atoms with Crippen molar-refractivity contribution in [2.45, 2.75) is 27.1 Å². The van der Waals surface area contributed by atoms with Crippen molar-refractivity contribution in [1.82, 2.24) is 0 Å². The van der Waals surface area contributed by atoms with Gasteiger partial charge in [0.15, 0.2) is 11.5 Å². The molecule has 0 aliphatic carbocycles. The summed E-state index contributed by atoms with van der Waals surface area (Å²) in [7, 11) is 0. The van der Waals surface area contributed by atoms with Crippen molar-refractivity contribution in [2.24, 2.45) is 5.92 Å². The molecule has 0 saturated heterocycles. The maximum Gasteiger partial charge on any atom is 0.387 e. The van der Waals surface area contributed by atoms with Gasteiger partial charge in [0.25, 0.3) is 0 Å². The van der Waals surface area contributed by atoms with E-state index in [4.69, 9.17) is 14.3 Å². The number of ether oxygens (including phenoxy) is 2. The Labute approximate surface area is 127 Å². The van der Waals surface area contributed by atoms with Gasteiger partial charge in [-0.15, -0.1) is 0 Å². The summed E-state index contributed by atoms with van der Waals surface area (Å²) >= 11 is 0. The summed E-state index contributed by atoms with van der Waals surface area (Å²) in [5, 5.41) is 9.05. The van der Waals surface area contributed by atoms with Crippen LogP contribution in [0.2, 0.25) is 0 Å². The summed E-state index contributed by atoms with van der Waals surface area (Å²) in [6.45, 7) is 1.24. The summed E-state index contributed by atoms with van der Waals surface area (Å²) in [4.78, 5) is 0. The molecule has 1 N–H and O–H groups in total. The van der Waals surface area contributed by atoms with Crippen LogP contribution >= 0.6 is 0 Å². The highest BCUT2D eigenvalue weighted by molar-refractivity contribution is 5.63. The molecule has 1 aromatic heterocycles. The van der Waals surface area contributed by atoms with E-state index in [9.17, 15) is 8.78 Å². The quantitative estimate of drug-likeness (QED) is 0.837. The first-order chi connectivity index (χ1) is 10.5. The third kappa shape index (κ3) is 4.21. The van der Waals surface area contributed by atoms with Gasteiger partial charge in [-0.1, -0.05) is 13.8 Å². The van der Waals surface area contributed by atoms with Crippen molar-refractivity contribution in [3.63, 3.8) is 0 Å². The minimum Gasteiger partial charge on any atom is -0.489 e. The van der Waals surface area contributed by atoms with Gasteiger partial charge in [0, 0.05) is 11.1 Å². The van der Waals surface area contributed by atoms with Gasteiger partial charge >= 0.3 is 6.61 Å². The molecule has 0 spiro atoms. The Morgan fingerprint density at radius 2 is 1.95 bits per heavy atom. The Morgan fingerprint density at radius 1 is 1.18 bits per heavy atom. The summed E-state index contributed by atoms with van der Waals surface area (Å²) < 4.78 is 40.2. The molecule has 4 nitrogen and oxygen atoms in total. The number of halogens is 2. The molecule has 120 valence electrons. The number of benzene rings is 1. The maximum absolute atomic E-state index is 12.4. The van der Waals surface area contributed by atoms with Crippen molar-refractivity contribution >= 4 is 0 Å². The summed E-state index contributed by atoms with van der Waals surface area (Å²) in [5.41, 5.74) is 1.28. The lowest BCUT2D eigenvalue weighted by atomic mass is 10.1. The lowest BCUT2D eigenvalue weighted by molar-refractivity contribution is -0.0515. The van der Waals surface area contributed by atoms with Crippen LogP contribution < -0.4 is 9.47 Å². The third-order valence-electron chi connectivity index (χ3n) is 2.85. The second kappa shape index (κ2) is 7.26. The monoisotopic (exact) mass is 312 g/mol. The largest absolute Gasteiger partial charge is 0.489 e. The van der Waals surface area contributed by atoms with Crippen molar-refractivity contribution in [3.8, 4) is 22.8 Å². The van der Waals surface area contributed by atoms with Gasteiger partial charge in [-0.25, -0.2) is 0 Å². The van der Waals surface area contributed by atoms with E-state index >= 15 is 0 Å². The van der Waals surface area contributed by atoms with E-state index in [1.165, 1.54) is 12.3 Å². The van der Waals surface area contributed by atoms with E-state index in [1.54, 1.807) is 18.2 Å². The lowest BCUT2D eigenvalue weighted by Crippen LogP contribution is -2.08. The summed E-state index contributed by atoms with van der Waals surface area (Å²) in [6, 6.07) is 6.27. The molecule has 0 aliphatic rings. The Hall–Kier alpha value is -2.08. The highest BCUT2D eigenvalue weighted by Crippen LogP contribution is 2.34. The van der Waals surface area contributed by atoms with Crippen molar-refractivity contribution in [2.75, 3.05) is 6.61 Å². The molecule has 0 unspecified atom stereocenters. The zero-order valence-corrected chi connectivity index (χ0v) is 12.4. The summed E-state index contributed by atoms with van der Waals surface area (Å²) in [5.74, 6) is 0.969. The predicted octanol–water partition coefficient (Wildman–Crippen LogP) is 4.08. The van der Waals surface area contributed by atoms with Gasteiger partial charge in [-0.2, -0.15) is 8.78 Å². The number of aliphatic hydroxyl groups excluding tert-OH is 1. The average molecular weight is 312 g/mol. The van der Waals surface area contributed by atoms with Gasteiger partial charge < -0.3 is 19.0 Å². The fourth-order valence-corrected chi connectivity index (χ4v) is 1.83. The van der Waals surface area contributed by atoms with Crippen molar-refractivity contribution in [3.05, 3.63) is 36.1 Å². The topological polar surface area (TPSA) is 51.8 Å². The van der Waals surface area contributed by atoms with E-state index in [2.05, 4.69) is 4.74 Å². The molecule has 0 aliphatic heterocycles. The van der Waals surface area contributed by atoms with Gasteiger partial charge in [0.05, 0.1) is 19.5 Å². The van der Waals surface area contributed by atoms with E-state index in [0.717, 1.165) is 0 Å². The van der Waals surface area contributed by atoms with E-state index in [1.807, 2.05) is 13.8 Å². The first-order valence-electron chi connectivity index (χ1n) is 6.90. The third-order valence-corrected chi connectivity index (χ3v) is 2.85. The van der Waals surface area contributed by atoms with Crippen LogP contribution in [0.5, 0.6) is 11.5 Å². The van der Waals surface area contributed by atoms with Gasteiger partial charge in [0.2, 0.25) is 0 Å². The number of furan rings is 1. The van der Waals surface area contributed by atoms with Crippen LogP contribution in [0.4, 0.5) is 8.78 Å². The highest BCUT2D eigenvalue weighted by atomic mass is 19.3. The first-order valence-corrected chi connectivity index (χ1v) is 6.90. The van der Waals surface area contributed by atoms with Gasteiger partial charge in [-0.05, 0) is 30.2 Å². The fourth-order valence-electron chi connectivity index (χ4n) is 1.83. The Kier molecular flexibility index (Phi) is 5.38. The molecular weight excluding hydrogens is 294 g/mol. The second-order valence-corrected chi connectivity index (χ2v) is 5.22. The molecule has 0 atom stereocenters.